The van der Waals surface area contributed by atoms with Crippen LogP contribution in [0.15, 0.2) is 46.9 Å². The molecule has 1 fully saturated rings. The van der Waals surface area contributed by atoms with Crippen molar-refractivity contribution >= 4 is 16.0 Å². The van der Waals surface area contributed by atoms with Gasteiger partial charge in [0, 0.05) is 13.0 Å². The quantitative estimate of drug-likeness (QED) is 0.628. The first kappa shape index (κ1) is 21.5. The average Bonchev–Trinajstić information content (AvgIpc) is 3.19. The molecule has 2 aromatic carbocycles. The van der Waals surface area contributed by atoms with Gasteiger partial charge >= 0.3 is 10.2 Å². The summed E-state index contributed by atoms with van der Waals surface area (Å²) in [6.45, 7) is 5.88. The number of ether oxygens (including phenoxy) is 3. The number of rotatable bonds is 8. The number of hydrogen-bond acceptors (Lipinski definition) is 6. The molecule has 31 heavy (non-hydrogen) atoms. The van der Waals surface area contributed by atoms with Crippen LogP contribution in [-0.4, -0.2) is 45.5 Å². The van der Waals surface area contributed by atoms with Gasteiger partial charge in [0.2, 0.25) is 0 Å². The molecule has 1 atom stereocenters. The second-order valence-electron chi connectivity index (χ2n) is 7.45. The molecule has 2 aromatic rings. The second kappa shape index (κ2) is 9.15. The van der Waals surface area contributed by atoms with Gasteiger partial charge in [0.1, 0.15) is 31.0 Å². The van der Waals surface area contributed by atoms with Gasteiger partial charge in [-0.2, -0.15) is 13.1 Å². The summed E-state index contributed by atoms with van der Waals surface area (Å²) in [5.41, 5.74) is 1.92. The average molecular weight is 446 g/mol. The summed E-state index contributed by atoms with van der Waals surface area (Å²) >= 11 is 0. The maximum atomic E-state index is 12.2. The fourth-order valence-corrected chi connectivity index (χ4v) is 4.84. The third kappa shape index (κ3) is 5.11. The molecule has 2 aliphatic rings. The van der Waals surface area contributed by atoms with Crippen molar-refractivity contribution in [1.82, 2.24) is 9.62 Å². The normalized spacial score (nSPS) is 19.5. The number of benzene rings is 2. The minimum Gasteiger partial charge on any atom is -0.490 e. The number of amidine groups is 1. The van der Waals surface area contributed by atoms with Crippen molar-refractivity contribution in [1.29, 1.82) is 0 Å². The van der Waals surface area contributed by atoms with E-state index in [0.717, 1.165) is 29.8 Å². The first-order valence-corrected chi connectivity index (χ1v) is 11.9. The molecule has 2 aliphatic heterocycles. The van der Waals surface area contributed by atoms with Crippen LogP contribution in [0.25, 0.3) is 0 Å². The molecule has 4 rings (SSSR count). The Morgan fingerprint density at radius 3 is 2.74 bits per heavy atom. The zero-order valence-electron chi connectivity index (χ0n) is 17.7. The molecular weight excluding hydrogens is 418 g/mol. The highest BCUT2D eigenvalue weighted by atomic mass is 32.2. The molecule has 1 saturated heterocycles. The summed E-state index contributed by atoms with van der Waals surface area (Å²) in [5, 5.41) is 0. The molecule has 1 unspecified atom stereocenters. The van der Waals surface area contributed by atoms with E-state index in [-0.39, 0.29) is 0 Å². The summed E-state index contributed by atoms with van der Waals surface area (Å²) in [6.07, 6.45) is 1.04. The Morgan fingerprint density at radius 2 is 1.94 bits per heavy atom. The Labute approximate surface area is 183 Å². The van der Waals surface area contributed by atoms with Crippen LogP contribution in [0.2, 0.25) is 0 Å². The van der Waals surface area contributed by atoms with E-state index in [4.69, 9.17) is 14.2 Å². The molecule has 1 N–H and O–H groups in total. The van der Waals surface area contributed by atoms with Crippen LogP contribution >= 0.6 is 0 Å². The highest BCUT2D eigenvalue weighted by molar-refractivity contribution is 7.88. The van der Waals surface area contributed by atoms with E-state index in [9.17, 15) is 8.42 Å². The van der Waals surface area contributed by atoms with Gasteiger partial charge in [-0.25, -0.2) is 0 Å². The highest BCUT2D eigenvalue weighted by Crippen LogP contribution is 2.35. The van der Waals surface area contributed by atoms with E-state index in [2.05, 4.69) is 9.12 Å². The van der Waals surface area contributed by atoms with Crippen molar-refractivity contribution in [2.24, 2.45) is 4.40 Å². The Hall–Kier alpha value is -2.78. The van der Waals surface area contributed by atoms with Gasteiger partial charge in [-0.15, -0.1) is 4.40 Å². The van der Waals surface area contributed by atoms with Crippen LogP contribution in [-0.2, 0) is 10.2 Å². The third-order valence-electron chi connectivity index (χ3n) is 5.11. The van der Waals surface area contributed by atoms with Crippen molar-refractivity contribution in [2.45, 2.75) is 32.9 Å². The molecule has 0 bridgehead atoms. The molecule has 9 heteroatoms. The van der Waals surface area contributed by atoms with Crippen LogP contribution in [0.3, 0.4) is 0 Å². The zero-order chi connectivity index (χ0) is 21.8. The van der Waals surface area contributed by atoms with Crippen molar-refractivity contribution < 1.29 is 22.6 Å². The number of aryl methyl sites for hydroxylation is 1. The second-order valence-corrected chi connectivity index (χ2v) is 8.82. The van der Waals surface area contributed by atoms with Crippen LogP contribution < -0.4 is 18.9 Å². The summed E-state index contributed by atoms with van der Waals surface area (Å²) in [5.74, 6) is 2.57. The van der Waals surface area contributed by atoms with Gasteiger partial charge in [-0.3, -0.25) is 0 Å². The van der Waals surface area contributed by atoms with Crippen LogP contribution in [0.1, 0.15) is 37.1 Å². The molecule has 0 saturated carbocycles. The van der Waals surface area contributed by atoms with Gasteiger partial charge in [-0.1, -0.05) is 18.2 Å². The standard InChI is InChI=1S/C22H27N3O5S/c1-3-28-20-15-17(22-24-31(26,27)23-21-8-5-11-25(21)22)9-10-19(20)30-13-12-29-18-7-4-6-16(2)14-18/h4,6-7,9-10,14-15,22,24H,3,5,8,11-13H2,1-2H3. The summed E-state index contributed by atoms with van der Waals surface area (Å²) in [6, 6.07) is 13.3. The Balaban J connectivity index is 1.46. The lowest BCUT2D eigenvalue weighted by atomic mass is 10.1. The van der Waals surface area contributed by atoms with E-state index < -0.39 is 16.4 Å². The topological polar surface area (TPSA) is 89.5 Å². The molecule has 8 nitrogen and oxygen atoms in total. The number of nitrogens with zero attached hydrogens (tertiary/aromatic N) is 2. The lowest BCUT2D eigenvalue weighted by Gasteiger charge is -2.33. The van der Waals surface area contributed by atoms with E-state index in [1.165, 1.54) is 0 Å². The molecule has 0 radical (unpaired) electrons. The number of fused-ring (bicyclic) bond motifs is 1. The molecule has 0 aromatic heterocycles. The van der Waals surface area contributed by atoms with E-state index in [0.29, 0.717) is 43.6 Å². The molecule has 166 valence electrons. The maximum Gasteiger partial charge on any atom is 0.323 e. The lowest BCUT2D eigenvalue weighted by molar-refractivity contribution is 0.208. The lowest BCUT2D eigenvalue weighted by Crippen LogP contribution is -2.45. The van der Waals surface area contributed by atoms with Gasteiger partial charge < -0.3 is 19.1 Å². The molecule has 0 spiro atoms. The first-order chi connectivity index (χ1) is 14.9. The van der Waals surface area contributed by atoms with E-state index in [1.807, 2.05) is 61.2 Å². The molecule has 2 heterocycles. The number of hydrogen-bond donors (Lipinski definition) is 1. The number of nitrogens with one attached hydrogen (secondary N) is 1. The predicted octanol–water partition coefficient (Wildman–Crippen LogP) is 3.19. The Morgan fingerprint density at radius 1 is 1.10 bits per heavy atom. The molecule has 0 amide bonds. The van der Waals surface area contributed by atoms with Gasteiger partial charge in [0.15, 0.2) is 11.5 Å². The maximum absolute atomic E-state index is 12.2. The Kier molecular flexibility index (Phi) is 6.33. The van der Waals surface area contributed by atoms with Crippen molar-refractivity contribution in [3.63, 3.8) is 0 Å². The third-order valence-corrected chi connectivity index (χ3v) is 6.08. The van der Waals surface area contributed by atoms with Crippen LogP contribution in [0, 0.1) is 6.92 Å². The van der Waals surface area contributed by atoms with Gasteiger partial charge in [0.25, 0.3) is 0 Å². The fourth-order valence-electron chi connectivity index (χ4n) is 3.77. The van der Waals surface area contributed by atoms with Crippen molar-refractivity contribution in [3.05, 3.63) is 53.6 Å². The van der Waals surface area contributed by atoms with E-state index >= 15 is 0 Å². The molecular formula is C22H27N3O5S. The minimum absolute atomic E-state index is 0.354. The fraction of sp³-hybridized carbons (Fsp3) is 0.409. The summed E-state index contributed by atoms with van der Waals surface area (Å²) in [4.78, 5) is 1.99. The zero-order valence-corrected chi connectivity index (χ0v) is 18.5. The highest BCUT2D eigenvalue weighted by Gasteiger charge is 2.36. The van der Waals surface area contributed by atoms with Crippen LogP contribution in [0.5, 0.6) is 17.2 Å². The summed E-state index contributed by atoms with van der Waals surface area (Å²) < 4.78 is 48.2. The van der Waals surface area contributed by atoms with E-state index in [1.54, 1.807) is 0 Å². The SMILES string of the molecule is CCOc1cc(C2NS(=O)(=O)N=C3CCCN32)ccc1OCCOc1cccc(C)c1. The van der Waals surface area contributed by atoms with Crippen molar-refractivity contribution in [3.8, 4) is 17.2 Å². The smallest absolute Gasteiger partial charge is 0.323 e. The van der Waals surface area contributed by atoms with Gasteiger partial charge in [0.05, 0.1) is 6.61 Å². The predicted molar refractivity (Wildman–Crippen MR) is 118 cm³/mol. The molecule has 0 aliphatic carbocycles. The van der Waals surface area contributed by atoms with Crippen LogP contribution in [0.4, 0.5) is 0 Å². The Bertz CT molecular complexity index is 1070. The van der Waals surface area contributed by atoms with Crippen molar-refractivity contribution in [2.75, 3.05) is 26.4 Å². The van der Waals surface area contributed by atoms with Gasteiger partial charge in [-0.05, 0) is 55.7 Å². The minimum atomic E-state index is -3.71. The summed E-state index contributed by atoms with van der Waals surface area (Å²) in [7, 11) is -3.71. The first-order valence-electron chi connectivity index (χ1n) is 10.4. The monoisotopic (exact) mass is 445 g/mol. The largest absolute Gasteiger partial charge is 0.490 e.